The molecule has 1 fully saturated rings. The molecule has 0 spiro atoms. The standard InChI is InChI=1S/C18H19BrF3N3O3S/c1-10-15(17(26)25-7-3-4-8-25)16(11(2)23-10)29(27,28)24-12-5-6-13(14(19)9-12)18(20,21)22/h5-6,9,23-24H,3-4,7-8H2,1-2H3. The van der Waals surface area contributed by atoms with Gasteiger partial charge in [-0.25, -0.2) is 8.42 Å². The third-order valence-electron chi connectivity index (χ3n) is 4.72. The number of alkyl halides is 3. The molecule has 0 unspecified atom stereocenters. The maximum absolute atomic E-state index is 13.0. The van der Waals surface area contributed by atoms with Crippen LogP contribution in [0.4, 0.5) is 18.9 Å². The first-order valence-corrected chi connectivity index (χ1v) is 11.1. The van der Waals surface area contributed by atoms with E-state index in [1.54, 1.807) is 11.8 Å². The Morgan fingerprint density at radius 3 is 2.34 bits per heavy atom. The van der Waals surface area contributed by atoms with E-state index in [1.807, 2.05) is 0 Å². The molecule has 0 bridgehead atoms. The summed E-state index contributed by atoms with van der Waals surface area (Å²) in [6.45, 7) is 4.26. The summed E-state index contributed by atoms with van der Waals surface area (Å²) in [6.07, 6.45) is -2.86. The van der Waals surface area contributed by atoms with Crippen molar-refractivity contribution in [2.45, 2.75) is 37.8 Å². The molecule has 0 aliphatic carbocycles. The van der Waals surface area contributed by atoms with Gasteiger partial charge in [0, 0.05) is 34.6 Å². The summed E-state index contributed by atoms with van der Waals surface area (Å²) in [5.74, 6) is -0.377. The number of halogens is 4. The number of anilines is 1. The van der Waals surface area contributed by atoms with Crippen molar-refractivity contribution in [3.8, 4) is 0 Å². The van der Waals surface area contributed by atoms with Crippen LogP contribution in [0.15, 0.2) is 27.6 Å². The Morgan fingerprint density at radius 1 is 1.17 bits per heavy atom. The number of aromatic nitrogens is 1. The number of amides is 1. The van der Waals surface area contributed by atoms with E-state index in [1.165, 1.54) is 6.92 Å². The lowest BCUT2D eigenvalue weighted by Gasteiger charge is -2.17. The van der Waals surface area contributed by atoms with E-state index in [4.69, 9.17) is 0 Å². The number of carbonyl (C=O) groups is 1. The van der Waals surface area contributed by atoms with Crippen LogP contribution >= 0.6 is 15.9 Å². The molecule has 0 saturated carbocycles. The number of H-pyrrole nitrogens is 1. The molecule has 158 valence electrons. The summed E-state index contributed by atoms with van der Waals surface area (Å²) >= 11 is 2.83. The molecule has 1 amide bonds. The lowest BCUT2D eigenvalue weighted by molar-refractivity contribution is -0.138. The average molecular weight is 494 g/mol. The van der Waals surface area contributed by atoms with Gasteiger partial charge in [-0.15, -0.1) is 0 Å². The van der Waals surface area contributed by atoms with Crippen molar-refractivity contribution in [3.05, 3.63) is 45.2 Å². The summed E-state index contributed by atoms with van der Waals surface area (Å²) in [5.41, 5.74) is -0.207. The number of rotatable bonds is 4. The Balaban J connectivity index is 1.98. The number of likely N-dealkylation sites (tertiary alicyclic amines) is 1. The third kappa shape index (κ3) is 4.30. The van der Waals surface area contributed by atoms with Crippen molar-refractivity contribution < 1.29 is 26.4 Å². The van der Waals surface area contributed by atoms with E-state index in [9.17, 15) is 26.4 Å². The fraction of sp³-hybridized carbons (Fsp3) is 0.389. The highest BCUT2D eigenvalue weighted by atomic mass is 79.9. The predicted octanol–water partition coefficient (Wildman–Crippen LogP) is 4.45. The van der Waals surface area contributed by atoms with Crippen LogP contribution < -0.4 is 4.72 Å². The number of sulfonamides is 1. The molecule has 2 heterocycles. The van der Waals surface area contributed by atoms with Crippen molar-refractivity contribution in [2.75, 3.05) is 17.8 Å². The highest BCUT2D eigenvalue weighted by Gasteiger charge is 2.34. The van der Waals surface area contributed by atoms with Gasteiger partial charge in [0.05, 0.1) is 11.1 Å². The minimum absolute atomic E-state index is 0.0531. The van der Waals surface area contributed by atoms with E-state index < -0.39 is 21.8 Å². The Labute approximate surface area is 174 Å². The molecule has 1 aliphatic rings. The van der Waals surface area contributed by atoms with Gasteiger partial charge in [0.15, 0.2) is 0 Å². The number of aromatic amines is 1. The minimum atomic E-state index is -4.57. The maximum Gasteiger partial charge on any atom is 0.417 e. The van der Waals surface area contributed by atoms with Gasteiger partial charge in [-0.3, -0.25) is 9.52 Å². The van der Waals surface area contributed by atoms with Crippen LogP contribution in [-0.4, -0.2) is 37.3 Å². The number of nitrogens with one attached hydrogen (secondary N) is 2. The molecule has 2 N–H and O–H groups in total. The zero-order valence-corrected chi connectivity index (χ0v) is 18.1. The summed E-state index contributed by atoms with van der Waals surface area (Å²) in [7, 11) is -4.22. The van der Waals surface area contributed by atoms with Gasteiger partial charge in [0.1, 0.15) is 4.90 Å². The molecule has 2 aromatic rings. The van der Waals surface area contributed by atoms with Crippen molar-refractivity contribution in [2.24, 2.45) is 0 Å². The number of aryl methyl sites for hydroxylation is 2. The van der Waals surface area contributed by atoms with Crippen molar-refractivity contribution in [3.63, 3.8) is 0 Å². The molecule has 1 saturated heterocycles. The van der Waals surface area contributed by atoms with E-state index in [0.29, 0.717) is 18.8 Å². The van der Waals surface area contributed by atoms with Gasteiger partial charge in [-0.05, 0) is 44.9 Å². The molecular formula is C18H19BrF3N3O3S. The van der Waals surface area contributed by atoms with E-state index in [-0.39, 0.29) is 32.2 Å². The molecule has 3 rings (SSSR count). The van der Waals surface area contributed by atoms with Crippen molar-refractivity contribution in [1.82, 2.24) is 9.88 Å². The molecule has 6 nitrogen and oxygen atoms in total. The quantitative estimate of drug-likeness (QED) is 0.659. The van der Waals surface area contributed by atoms with Crippen LogP contribution in [0.2, 0.25) is 0 Å². The predicted molar refractivity (Wildman–Crippen MR) is 105 cm³/mol. The largest absolute Gasteiger partial charge is 0.417 e. The van der Waals surface area contributed by atoms with Gasteiger partial charge in [-0.1, -0.05) is 15.9 Å². The van der Waals surface area contributed by atoms with Gasteiger partial charge < -0.3 is 9.88 Å². The van der Waals surface area contributed by atoms with E-state index >= 15 is 0 Å². The number of carbonyl (C=O) groups excluding carboxylic acids is 1. The van der Waals surface area contributed by atoms with Crippen molar-refractivity contribution >= 4 is 37.5 Å². The molecule has 1 aromatic carbocycles. The molecule has 0 radical (unpaired) electrons. The van der Waals surface area contributed by atoms with Crippen LogP contribution in [0.25, 0.3) is 0 Å². The second-order valence-corrected chi connectivity index (χ2v) is 9.35. The van der Waals surface area contributed by atoms with E-state index in [2.05, 4.69) is 25.6 Å². The van der Waals surface area contributed by atoms with Crippen molar-refractivity contribution in [1.29, 1.82) is 0 Å². The van der Waals surface area contributed by atoms with E-state index in [0.717, 1.165) is 31.0 Å². The zero-order valence-electron chi connectivity index (χ0n) is 15.7. The lowest BCUT2D eigenvalue weighted by atomic mass is 10.2. The lowest BCUT2D eigenvalue weighted by Crippen LogP contribution is -2.29. The SMILES string of the molecule is Cc1[nH]c(C)c(S(=O)(=O)Nc2ccc(C(F)(F)F)c(Br)c2)c1C(=O)N1CCCC1. The monoisotopic (exact) mass is 493 g/mol. The minimum Gasteiger partial charge on any atom is -0.361 e. The Morgan fingerprint density at radius 2 is 1.79 bits per heavy atom. The summed E-state index contributed by atoms with van der Waals surface area (Å²) in [4.78, 5) is 17.2. The highest BCUT2D eigenvalue weighted by molar-refractivity contribution is 9.10. The molecule has 29 heavy (non-hydrogen) atoms. The average Bonchev–Trinajstić information content (AvgIpc) is 3.20. The molecule has 1 aromatic heterocycles. The number of hydrogen-bond donors (Lipinski definition) is 2. The van der Waals surface area contributed by atoms with Crippen LogP contribution in [0.1, 0.15) is 40.2 Å². The van der Waals surface area contributed by atoms with Crippen LogP contribution in [-0.2, 0) is 16.2 Å². The smallest absolute Gasteiger partial charge is 0.361 e. The zero-order chi connectivity index (χ0) is 21.6. The molecule has 11 heteroatoms. The number of nitrogens with zero attached hydrogens (tertiary/aromatic N) is 1. The molecular weight excluding hydrogens is 475 g/mol. The number of benzene rings is 1. The first kappa shape index (κ1) is 21.7. The summed E-state index contributed by atoms with van der Waals surface area (Å²) in [5, 5.41) is 0. The van der Waals surface area contributed by atoms with Crippen LogP contribution in [0, 0.1) is 13.8 Å². The maximum atomic E-state index is 13.0. The normalized spacial score (nSPS) is 15.0. The van der Waals surface area contributed by atoms with Crippen LogP contribution in [0.3, 0.4) is 0 Å². The van der Waals surface area contributed by atoms with Gasteiger partial charge >= 0.3 is 6.18 Å². The second-order valence-electron chi connectivity index (χ2n) is 6.88. The fourth-order valence-corrected chi connectivity index (χ4v) is 5.55. The third-order valence-corrected chi connectivity index (χ3v) is 6.93. The molecule has 0 atom stereocenters. The van der Waals surface area contributed by atoms with Crippen LogP contribution in [0.5, 0.6) is 0 Å². The second kappa shape index (κ2) is 7.67. The Bertz CT molecular complexity index is 1060. The highest BCUT2D eigenvalue weighted by Crippen LogP contribution is 2.37. The summed E-state index contributed by atoms with van der Waals surface area (Å²) < 4.78 is 66.8. The molecule has 1 aliphatic heterocycles. The fourth-order valence-electron chi connectivity index (χ4n) is 3.44. The summed E-state index contributed by atoms with van der Waals surface area (Å²) in [6, 6.07) is 2.85. The topological polar surface area (TPSA) is 82.3 Å². The Kier molecular flexibility index (Phi) is 5.74. The first-order valence-electron chi connectivity index (χ1n) is 8.80. The first-order chi connectivity index (χ1) is 13.4. The van der Waals surface area contributed by atoms with Gasteiger partial charge in [0.25, 0.3) is 15.9 Å². The van der Waals surface area contributed by atoms with Gasteiger partial charge in [-0.2, -0.15) is 13.2 Å². The Hall–Kier alpha value is -2.01. The number of hydrogen-bond acceptors (Lipinski definition) is 3. The van der Waals surface area contributed by atoms with Gasteiger partial charge in [0.2, 0.25) is 0 Å².